The topological polar surface area (TPSA) is 54.9 Å². The summed E-state index contributed by atoms with van der Waals surface area (Å²) in [5.74, 6) is 0.814. The van der Waals surface area contributed by atoms with Crippen molar-refractivity contribution in [3.8, 4) is 11.5 Å². The molecular weight excluding hydrogens is 292 g/mol. The standard InChI is InChI=1S/C14H13BrN2O/c1-8(16)13-10-7-9(15)4-5-11(10)17-14(13)12-3-2-6-18-12/h2-8,17H,16H2,1H3. The quantitative estimate of drug-likeness (QED) is 0.745. The van der Waals surface area contributed by atoms with Crippen molar-refractivity contribution >= 4 is 26.8 Å². The maximum atomic E-state index is 6.10. The van der Waals surface area contributed by atoms with Gasteiger partial charge in [-0.25, -0.2) is 0 Å². The van der Waals surface area contributed by atoms with E-state index >= 15 is 0 Å². The van der Waals surface area contributed by atoms with Crippen LogP contribution in [-0.4, -0.2) is 4.98 Å². The van der Waals surface area contributed by atoms with Crippen LogP contribution >= 0.6 is 15.9 Å². The molecule has 18 heavy (non-hydrogen) atoms. The highest BCUT2D eigenvalue weighted by molar-refractivity contribution is 9.10. The van der Waals surface area contributed by atoms with Crippen molar-refractivity contribution in [2.45, 2.75) is 13.0 Å². The number of halogens is 1. The van der Waals surface area contributed by atoms with Gasteiger partial charge in [0.2, 0.25) is 0 Å². The first-order valence-electron chi connectivity index (χ1n) is 5.77. The molecule has 3 aromatic rings. The number of benzene rings is 1. The molecule has 2 aromatic heterocycles. The van der Waals surface area contributed by atoms with E-state index in [1.165, 1.54) is 0 Å². The highest BCUT2D eigenvalue weighted by Gasteiger charge is 2.17. The monoisotopic (exact) mass is 304 g/mol. The molecule has 1 atom stereocenters. The summed E-state index contributed by atoms with van der Waals surface area (Å²) in [7, 11) is 0. The number of aromatic nitrogens is 1. The Morgan fingerprint density at radius 3 is 2.83 bits per heavy atom. The summed E-state index contributed by atoms with van der Waals surface area (Å²) in [6, 6.07) is 9.88. The number of hydrogen-bond donors (Lipinski definition) is 2. The summed E-state index contributed by atoms with van der Waals surface area (Å²) >= 11 is 3.50. The van der Waals surface area contributed by atoms with Gasteiger partial charge in [0.1, 0.15) is 5.76 Å². The lowest BCUT2D eigenvalue weighted by atomic mass is 10.0. The highest BCUT2D eigenvalue weighted by Crippen LogP contribution is 2.35. The summed E-state index contributed by atoms with van der Waals surface area (Å²) in [5.41, 5.74) is 9.22. The number of furan rings is 1. The highest BCUT2D eigenvalue weighted by atomic mass is 79.9. The van der Waals surface area contributed by atoms with Crippen LogP contribution in [-0.2, 0) is 0 Å². The van der Waals surface area contributed by atoms with E-state index < -0.39 is 0 Å². The maximum absolute atomic E-state index is 6.10. The first-order chi connectivity index (χ1) is 8.66. The van der Waals surface area contributed by atoms with Gasteiger partial charge >= 0.3 is 0 Å². The van der Waals surface area contributed by atoms with Crippen LogP contribution in [0.3, 0.4) is 0 Å². The Balaban J connectivity index is 2.35. The van der Waals surface area contributed by atoms with Gasteiger partial charge < -0.3 is 15.1 Å². The molecule has 0 aliphatic carbocycles. The second-order valence-electron chi connectivity index (χ2n) is 4.37. The van der Waals surface area contributed by atoms with Crippen LogP contribution in [0.1, 0.15) is 18.5 Å². The molecule has 3 rings (SSSR count). The van der Waals surface area contributed by atoms with Crippen molar-refractivity contribution < 1.29 is 4.42 Å². The van der Waals surface area contributed by atoms with Gasteiger partial charge in [-0.05, 0) is 37.3 Å². The van der Waals surface area contributed by atoms with E-state index in [1.54, 1.807) is 6.26 Å². The van der Waals surface area contributed by atoms with Gasteiger partial charge in [0, 0.05) is 27.0 Å². The van der Waals surface area contributed by atoms with Crippen molar-refractivity contribution in [1.29, 1.82) is 0 Å². The molecule has 1 unspecified atom stereocenters. The average Bonchev–Trinajstić information content (AvgIpc) is 2.94. The molecule has 0 aliphatic rings. The van der Waals surface area contributed by atoms with Crippen molar-refractivity contribution in [3.05, 3.63) is 46.6 Å². The summed E-state index contributed by atoms with van der Waals surface area (Å²) in [6.07, 6.45) is 1.67. The number of nitrogens with one attached hydrogen (secondary N) is 1. The number of nitrogens with two attached hydrogens (primary N) is 1. The first-order valence-corrected chi connectivity index (χ1v) is 6.56. The van der Waals surface area contributed by atoms with Crippen molar-refractivity contribution in [2.75, 3.05) is 0 Å². The van der Waals surface area contributed by atoms with Crippen molar-refractivity contribution in [2.24, 2.45) is 5.73 Å². The van der Waals surface area contributed by atoms with E-state index in [1.807, 2.05) is 31.2 Å². The third-order valence-corrected chi connectivity index (χ3v) is 3.52. The van der Waals surface area contributed by atoms with Crippen molar-refractivity contribution in [3.63, 3.8) is 0 Å². The second kappa shape index (κ2) is 4.30. The zero-order chi connectivity index (χ0) is 12.7. The largest absolute Gasteiger partial charge is 0.463 e. The Morgan fingerprint density at radius 1 is 1.33 bits per heavy atom. The lowest BCUT2D eigenvalue weighted by Gasteiger charge is -2.06. The molecule has 0 aliphatic heterocycles. The minimum absolute atomic E-state index is 0.0619. The van der Waals surface area contributed by atoms with E-state index in [4.69, 9.17) is 10.2 Å². The zero-order valence-corrected chi connectivity index (χ0v) is 11.5. The van der Waals surface area contributed by atoms with Crippen LogP contribution in [0, 0.1) is 0 Å². The van der Waals surface area contributed by atoms with Gasteiger partial charge in [0.25, 0.3) is 0 Å². The minimum Gasteiger partial charge on any atom is -0.463 e. The number of H-pyrrole nitrogens is 1. The van der Waals surface area contributed by atoms with E-state index in [-0.39, 0.29) is 6.04 Å². The van der Waals surface area contributed by atoms with Crippen LogP contribution in [0.2, 0.25) is 0 Å². The third kappa shape index (κ3) is 1.78. The maximum Gasteiger partial charge on any atom is 0.150 e. The summed E-state index contributed by atoms with van der Waals surface area (Å²) in [4.78, 5) is 3.38. The average molecular weight is 305 g/mol. The molecule has 0 fully saturated rings. The molecule has 4 heteroatoms. The van der Waals surface area contributed by atoms with Crippen LogP contribution in [0.15, 0.2) is 45.5 Å². The van der Waals surface area contributed by atoms with Gasteiger partial charge in [-0.3, -0.25) is 0 Å². The fourth-order valence-electron chi connectivity index (χ4n) is 2.27. The van der Waals surface area contributed by atoms with Crippen LogP contribution in [0.25, 0.3) is 22.4 Å². The SMILES string of the molecule is CC(N)c1c(-c2ccco2)[nH]c2ccc(Br)cc12. The molecule has 0 bridgehead atoms. The molecule has 0 saturated heterocycles. The predicted octanol–water partition coefficient (Wildman–Crippen LogP) is 4.21. The van der Waals surface area contributed by atoms with Gasteiger partial charge in [-0.2, -0.15) is 0 Å². The van der Waals surface area contributed by atoms with Gasteiger partial charge in [-0.15, -0.1) is 0 Å². The Bertz CT molecular complexity index is 683. The second-order valence-corrected chi connectivity index (χ2v) is 5.29. The molecule has 92 valence electrons. The molecule has 3 N–H and O–H groups in total. The van der Waals surface area contributed by atoms with Gasteiger partial charge in [0.15, 0.2) is 0 Å². The molecule has 0 radical (unpaired) electrons. The van der Waals surface area contributed by atoms with E-state index in [0.717, 1.165) is 32.4 Å². The Hall–Kier alpha value is -1.52. The zero-order valence-electron chi connectivity index (χ0n) is 9.91. The van der Waals surface area contributed by atoms with Gasteiger partial charge in [0.05, 0.1) is 12.0 Å². The fourth-order valence-corrected chi connectivity index (χ4v) is 2.63. The summed E-state index contributed by atoms with van der Waals surface area (Å²) in [5, 5.41) is 1.13. The Labute approximate surface area is 113 Å². The summed E-state index contributed by atoms with van der Waals surface area (Å²) in [6.45, 7) is 1.98. The van der Waals surface area contributed by atoms with E-state index in [2.05, 4.69) is 27.0 Å². The lowest BCUT2D eigenvalue weighted by Crippen LogP contribution is -2.05. The summed E-state index contributed by atoms with van der Waals surface area (Å²) < 4.78 is 6.52. The fraction of sp³-hybridized carbons (Fsp3) is 0.143. The van der Waals surface area contributed by atoms with Crippen LogP contribution < -0.4 is 5.73 Å². The van der Waals surface area contributed by atoms with Gasteiger partial charge in [-0.1, -0.05) is 15.9 Å². The molecule has 3 nitrogen and oxygen atoms in total. The number of hydrogen-bond acceptors (Lipinski definition) is 2. The van der Waals surface area contributed by atoms with Crippen LogP contribution in [0.5, 0.6) is 0 Å². The molecular formula is C14H13BrN2O. The normalized spacial score (nSPS) is 13.1. The minimum atomic E-state index is -0.0619. The molecule has 0 spiro atoms. The first kappa shape index (κ1) is 11.6. The van der Waals surface area contributed by atoms with E-state index in [9.17, 15) is 0 Å². The van der Waals surface area contributed by atoms with Crippen LogP contribution in [0.4, 0.5) is 0 Å². The smallest absolute Gasteiger partial charge is 0.150 e. The Kier molecular flexibility index (Phi) is 2.76. The third-order valence-electron chi connectivity index (χ3n) is 3.02. The number of fused-ring (bicyclic) bond motifs is 1. The predicted molar refractivity (Wildman–Crippen MR) is 76.3 cm³/mol. The van der Waals surface area contributed by atoms with E-state index in [0.29, 0.717) is 0 Å². The number of rotatable bonds is 2. The lowest BCUT2D eigenvalue weighted by molar-refractivity contribution is 0.579. The molecule has 2 heterocycles. The van der Waals surface area contributed by atoms with Crippen molar-refractivity contribution in [1.82, 2.24) is 4.98 Å². The molecule has 1 aromatic carbocycles. The molecule has 0 saturated carbocycles. The molecule has 0 amide bonds. The Morgan fingerprint density at radius 2 is 2.17 bits per heavy atom. The number of aromatic amines is 1.